The van der Waals surface area contributed by atoms with E-state index in [0.29, 0.717) is 42.7 Å². The lowest BCUT2D eigenvalue weighted by molar-refractivity contribution is -0.142. The van der Waals surface area contributed by atoms with Gasteiger partial charge in [-0.05, 0) is 74.6 Å². The molecule has 0 radical (unpaired) electrons. The molecule has 79 heavy (non-hydrogen) atoms. The van der Waals surface area contributed by atoms with Crippen molar-refractivity contribution in [3.8, 4) is 5.75 Å². The third-order valence-electron chi connectivity index (χ3n) is 13.7. The zero-order valence-electron chi connectivity index (χ0n) is 44.9. The molecule has 0 aromatic heterocycles. The molecule has 24 nitrogen and oxygen atoms in total. The highest BCUT2D eigenvalue weighted by Gasteiger charge is 2.42. The van der Waals surface area contributed by atoms with Crippen molar-refractivity contribution in [1.29, 1.82) is 0 Å². The van der Waals surface area contributed by atoms with Crippen LogP contribution in [0.2, 0.25) is 0 Å². The van der Waals surface area contributed by atoms with Gasteiger partial charge in [0.25, 0.3) is 0 Å². The zero-order valence-corrected chi connectivity index (χ0v) is 46.6. The Labute approximate surface area is 467 Å². The number of likely N-dealkylation sites (tertiary alicyclic amines) is 1. The minimum atomic E-state index is -1.67. The zero-order chi connectivity index (χ0) is 57.6. The van der Waals surface area contributed by atoms with Crippen molar-refractivity contribution >= 4 is 86.7 Å². The molecule has 1 saturated carbocycles. The van der Waals surface area contributed by atoms with E-state index in [4.69, 9.17) is 21.9 Å². The van der Waals surface area contributed by atoms with Crippen molar-refractivity contribution in [1.82, 2.24) is 47.4 Å². The van der Waals surface area contributed by atoms with Crippen LogP contribution in [0.15, 0.2) is 54.6 Å². The topological polar surface area (TPSA) is 375 Å². The molecule has 26 heteroatoms. The van der Waals surface area contributed by atoms with Crippen LogP contribution in [0.1, 0.15) is 103 Å². The highest BCUT2D eigenvalue weighted by atomic mass is 33.1. The summed E-state index contributed by atoms with van der Waals surface area (Å²) in [5.41, 5.74) is 17.4. The molecule has 1 spiro atoms. The number of ether oxygens (including phenoxy) is 1. The number of carbonyl (C=O) groups is 11. The van der Waals surface area contributed by atoms with Crippen LogP contribution in [0, 0.1) is 5.92 Å². The smallest absolute Gasteiger partial charge is 0.312 e. The molecule has 3 fully saturated rings. The first-order valence-electron chi connectivity index (χ1n) is 26.7. The number of nitrogens with one attached hydrogen (secondary N) is 8. The predicted molar refractivity (Wildman–Crippen MR) is 296 cm³/mol. The highest BCUT2D eigenvalue weighted by molar-refractivity contribution is 8.77. The average molecular weight is 1140 g/mol. The third kappa shape index (κ3) is 20.0. The molecule has 3 aliphatic rings. The molecule has 0 bridgehead atoms. The van der Waals surface area contributed by atoms with Crippen LogP contribution in [0.3, 0.4) is 0 Å². The molecule has 5 rings (SSSR count). The first-order chi connectivity index (χ1) is 37.7. The van der Waals surface area contributed by atoms with E-state index in [-0.39, 0.29) is 57.4 Å². The number of amides is 12. The maximum atomic E-state index is 14.9. The predicted octanol–water partition coefficient (Wildman–Crippen LogP) is -0.160. The van der Waals surface area contributed by atoms with Gasteiger partial charge in [0.15, 0.2) is 0 Å². The molecule has 1 unspecified atom stereocenters. The fourth-order valence-corrected chi connectivity index (χ4v) is 13.0. The maximum Gasteiger partial charge on any atom is 0.312 e. The van der Waals surface area contributed by atoms with Crippen molar-refractivity contribution in [3.05, 3.63) is 65.7 Å². The molecule has 2 aliphatic heterocycles. The quantitative estimate of drug-likeness (QED) is 0.0644. The van der Waals surface area contributed by atoms with Crippen molar-refractivity contribution in [2.75, 3.05) is 32.0 Å². The molecule has 432 valence electrons. The van der Waals surface area contributed by atoms with E-state index in [0.717, 1.165) is 19.3 Å². The number of urea groups is 1. The van der Waals surface area contributed by atoms with Gasteiger partial charge in [-0.25, -0.2) is 4.79 Å². The van der Waals surface area contributed by atoms with Gasteiger partial charge in [-0.1, -0.05) is 97.2 Å². The second-order valence-corrected chi connectivity index (χ2v) is 23.1. The number of rotatable bonds is 19. The van der Waals surface area contributed by atoms with E-state index in [1.807, 2.05) is 6.92 Å². The molecule has 2 heterocycles. The first-order valence-corrected chi connectivity index (χ1v) is 29.0. The Hall–Kier alpha value is -7.09. The van der Waals surface area contributed by atoms with Crippen LogP contribution in [-0.2, 0) is 60.8 Å². The summed E-state index contributed by atoms with van der Waals surface area (Å²) >= 11 is 0. The lowest BCUT2D eigenvalue weighted by atomic mass is 9.85. The van der Waals surface area contributed by atoms with Crippen molar-refractivity contribution < 1.29 is 57.5 Å². The summed E-state index contributed by atoms with van der Waals surface area (Å²) in [7, 11) is 2.57. The Morgan fingerprint density at radius 1 is 0.747 bits per heavy atom. The van der Waals surface area contributed by atoms with E-state index in [1.165, 1.54) is 26.5 Å². The molecule has 2 aromatic rings. The third-order valence-corrected chi connectivity index (χ3v) is 17.1. The molecule has 2 saturated heterocycles. The van der Waals surface area contributed by atoms with E-state index in [1.54, 1.807) is 68.4 Å². The summed E-state index contributed by atoms with van der Waals surface area (Å²) in [6.07, 6.45) is 3.54. The van der Waals surface area contributed by atoms with E-state index in [9.17, 15) is 52.7 Å². The molecule has 2 aromatic carbocycles. The Morgan fingerprint density at radius 3 is 2.01 bits per heavy atom. The largest absolute Gasteiger partial charge is 0.494 e. The minimum absolute atomic E-state index is 0.0111. The molecule has 7 atom stereocenters. The van der Waals surface area contributed by atoms with Crippen LogP contribution < -0.4 is 64.5 Å². The minimum Gasteiger partial charge on any atom is -0.494 e. The van der Waals surface area contributed by atoms with Gasteiger partial charge in [-0.15, -0.1) is 0 Å². The number of nitrogens with two attached hydrogens (primary N) is 3. The summed E-state index contributed by atoms with van der Waals surface area (Å²) in [5.74, 6) is -7.87. The number of carbonyl (C=O) groups excluding carboxylic acids is 11. The second kappa shape index (κ2) is 30.9. The average Bonchev–Trinajstić information content (AvgIpc) is 3.91. The van der Waals surface area contributed by atoms with Crippen molar-refractivity contribution in [2.45, 2.75) is 151 Å². The SMILES string of the molecule is CCOc1ccc(C[C@H]2NC(=O)CC3(CCCCC3)SSC[C@@H](C(=O)N3CCC[C@H]3C(=O)NC(CCCNC(N)=O)C(=O)NCC(N)=O)NC(=O)[C@H](CC(N)=O)NC(=O)[C@H](C(C)C)NC(=O)[C@@H](Cc3ccccc3)NC2=O)cc1. The normalized spacial score (nSPS) is 22.9. The van der Waals surface area contributed by atoms with Gasteiger partial charge < -0.3 is 69.4 Å². The summed E-state index contributed by atoms with van der Waals surface area (Å²) in [4.78, 5) is 151. The fraction of sp³-hybridized carbons (Fsp3) is 0.566. The Morgan fingerprint density at radius 2 is 1.38 bits per heavy atom. The molecular formula is C53H76N12O12S2. The lowest BCUT2D eigenvalue weighted by Gasteiger charge is -2.37. The standard InChI is InChI=1S/C53H76N12O12S2/c1-4-77-34-19-17-33(18-20-34)26-36-46(70)61-37(25-32-13-7-5-8-14-32)48(72)64-44(31(2)3)50(74)62-38(27-41(54)66)47(71)63-39(30-78-79-53(28-43(68)59-36)21-9-6-10-22-53)51(75)65-24-12-16-40(65)49(73)60-35(15-11-23-57-52(56)76)45(69)58-29-42(55)67/h5,7-8,13-14,17-20,31,35-40,44H,4,6,9-12,15-16,21-30H2,1-3H3,(H2,54,66)(H2,55,67)(H,58,69)(H,59,68)(H,60,73)(H,61,70)(H,62,74)(H,63,71)(H,64,72)(H3,56,57,76)/t35?,36-,37-,38+,39+,40+,44+/m1/s1. The number of hydrogen-bond acceptors (Lipinski definition) is 14. The number of hydrogen-bond donors (Lipinski definition) is 11. The van der Waals surface area contributed by atoms with E-state index < -0.39 is 131 Å². The number of primary amides is 3. The molecule has 14 N–H and O–H groups in total. The first kappa shape index (κ1) is 62.7. The molecule has 1 aliphatic carbocycles. The van der Waals surface area contributed by atoms with E-state index >= 15 is 0 Å². The summed E-state index contributed by atoms with van der Waals surface area (Å²) in [5, 5.41) is 21.3. The van der Waals surface area contributed by atoms with Crippen molar-refractivity contribution in [2.24, 2.45) is 23.1 Å². The van der Waals surface area contributed by atoms with Gasteiger partial charge in [-0.3, -0.25) is 47.9 Å². The van der Waals surface area contributed by atoms with Gasteiger partial charge >= 0.3 is 6.03 Å². The van der Waals surface area contributed by atoms with Gasteiger partial charge in [-0.2, -0.15) is 0 Å². The monoisotopic (exact) mass is 1140 g/mol. The van der Waals surface area contributed by atoms with Gasteiger partial charge in [0.1, 0.15) is 48.0 Å². The maximum absolute atomic E-state index is 14.9. The second-order valence-electron chi connectivity index (χ2n) is 20.3. The van der Waals surface area contributed by atoms with Crippen LogP contribution in [0.25, 0.3) is 0 Å². The Bertz CT molecular complexity index is 2480. The molecular weight excluding hydrogens is 1060 g/mol. The summed E-state index contributed by atoms with van der Waals surface area (Å²) in [6, 6.07) is 5.89. The van der Waals surface area contributed by atoms with E-state index in [2.05, 4.69) is 42.5 Å². The fourth-order valence-electron chi connectivity index (χ4n) is 9.68. The van der Waals surface area contributed by atoms with Gasteiger partial charge in [0, 0.05) is 42.9 Å². The Kier molecular flexibility index (Phi) is 24.5. The van der Waals surface area contributed by atoms with Crippen LogP contribution in [0.5, 0.6) is 5.75 Å². The van der Waals surface area contributed by atoms with Crippen LogP contribution >= 0.6 is 21.6 Å². The summed E-state index contributed by atoms with van der Waals surface area (Å²) in [6.45, 7) is 5.16. The highest BCUT2D eigenvalue weighted by Crippen LogP contribution is 2.48. The summed E-state index contributed by atoms with van der Waals surface area (Å²) < 4.78 is 4.91. The number of benzene rings is 2. The Balaban J connectivity index is 1.52. The van der Waals surface area contributed by atoms with Gasteiger partial charge in [0.05, 0.1) is 19.6 Å². The lowest BCUT2D eigenvalue weighted by Crippen LogP contribution is -2.61. The van der Waals surface area contributed by atoms with Crippen LogP contribution in [-0.4, -0.2) is 149 Å². The van der Waals surface area contributed by atoms with Crippen molar-refractivity contribution in [3.63, 3.8) is 0 Å². The molecule has 12 amide bonds. The number of nitrogens with zero attached hydrogens (tertiary/aromatic N) is 1. The van der Waals surface area contributed by atoms with Gasteiger partial charge in [0.2, 0.25) is 59.1 Å². The van der Waals surface area contributed by atoms with Crippen LogP contribution in [0.4, 0.5) is 4.79 Å².